The number of alkyl halides is 1. The molecule has 0 saturated carbocycles. The molecule has 136 valence electrons. The second-order valence-corrected chi connectivity index (χ2v) is 8.25. The Kier molecular flexibility index (Phi) is 6.97. The van der Waals surface area contributed by atoms with Gasteiger partial charge in [-0.25, -0.2) is 22.1 Å². The number of rotatable bonds is 7. The highest BCUT2D eigenvalue weighted by Crippen LogP contribution is 2.31. The highest BCUT2D eigenvalue weighted by atomic mass is 32.2. The standard InChI is InChI=1S/C16H22F3NO3S/c1-5-23-13(21)9-16(10-17,20-24(22)15(2,3)4)11-7-6-8-12(18)14(11)19/h6-8,20H,5,9-10H2,1-4H3/t16-,24-/m1/s1. The van der Waals surface area contributed by atoms with Gasteiger partial charge in [0.1, 0.15) is 6.67 Å². The number of benzene rings is 1. The Balaban J connectivity index is 3.40. The Bertz CT molecular complexity index is 619. The minimum absolute atomic E-state index is 0.0508. The van der Waals surface area contributed by atoms with E-state index in [1.54, 1.807) is 27.7 Å². The number of nitrogens with one attached hydrogen (secondary N) is 1. The minimum atomic E-state index is -1.99. The second-order valence-electron chi connectivity index (χ2n) is 6.28. The number of ether oxygens (including phenoxy) is 1. The summed E-state index contributed by atoms with van der Waals surface area (Å²) >= 11 is 0. The molecule has 0 aliphatic carbocycles. The minimum Gasteiger partial charge on any atom is -0.466 e. The van der Waals surface area contributed by atoms with Crippen LogP contribution in [0.1, 0.15) is 39.7 Å². The van der Waals surface area contributed by atoms with Gasteiger partial charge >= 0.3 is 5.97 Å². The Morgan fingerprint density at radius 2 is 1.92 bits per heavy atom. The van der Waals surface area contributed by atoms with E-state index >= 15 is 0 Å². The van der Waals surface area contributed by atoms with Crippen molar-refractivity contribution in [1.29, 1.82) is 0 Å². The Labute approximate surface area is 142 Å². The van der Waals surface area contributed by atoms with Gasteiger partial charge in [-0.2, -0.15) is 0 Å². The molecule has 0 saturated heterocycles. The van der Waals surface area contributed by atoms with Crippen LogP contribution in [0.15, 0.2) is 18.2 Å². The van der Waals surface area contributed by atoms with Crippen molar-refractivity contribution in [1.82, 2.24) is 4.72 Å². The molecule has 0 amide bonds. The number of hydrogen-bond donors (Lipinski definition) is 1. The van der Waals surface area contributed by atoms with E-state index in [1.165, 1.54) is 6.07 Å². The smallest absolute Gasteiger partial charge is 0.308 e. The number of halogens is 3. The van der Waals surface area contributed by atoms with Crippen molar-refractivity contribution in [3.8, 4) is 0 Å². The van der Waals surface area contributed by atoms with Gasteiger partial charge in [0.2, 0.25) is 0 Å². The first-order chi connectivity index (χ1) is 11.1. The molecule has 1 rings (SSSR count). The van der Waals surface area contributed by atoms with Crippen molar-refractivity contribution >= 4 is 17.0 Å². The lowest BCUT2D eigenvalue weighted by molar-refractivity contribution is -0.145. The maximum absolute atomic E-state index is 14.2. The molecule has 8 heteroatoms. The van der Waals surface area contributed by atoms with Crippen LogP contribution in [-0.2, 0) is 26.1 Å². The maximum atomic E-state index is 14.2. The zero-order valence-electron chi connectivity index (χ0n) is 14.1. The van der Waals surface area contributed by atoms with Crippen molar-refractivity contribution in [2.24, 2.45) is 0 Å². The average molecular weight is 365 g/mol. The molecule has 4 nitrogen and oxygen atoms in total. The van der Waals surface area contributed by atoms with E-state index in [4.69, 9.17) is 4.74 Å². The summed E-state index contributed by atoms with van der Waals surface area (Å²) in [4.78, 5) is 11.9. The molecule has 24 heavy (non-hydrogen) atoms. The molecule has 0 radical (unpaired) electrons. The van der Waals surface area contributed by atoms with E-state index in [0.29, 0.717) is 0 Å². The summed E-state index contributed by atoms with van der Waals surface area (Å²) in [7, 11) is -1.83. The van der Waals surface area contributed by atoms with Crippen molar-refractivity contribution in [2.45, 2.75) is 44.4 Å². The van der Waals surface area contributed by atoms with Gasteiger partial charge in [0.05, 0.1) is 34.3 Å². The van der Waals surface area contributed by atoms with Gasteiger partial charge < -0.3 is 4.74 Å². The second kappa shape index (κ2) is 8.11. The molecule has 0 spiro atoms. The van der Waals surface area contributed by atoms with Crippen LogP contribution < -0.4 is 4.72 Å². The van der Waals surface area contributed by atoms with E-state index in [-0.39, 0.29) is 6.61 Å². The molecule has 1 aromatic rings. The monoisotopic (exact) mass is 365 g/mol. The normalized spacial score (nSPS) is 15.6. The first kappa shape index (κ1) is 20.6. The zero-order chi connectivity index (χ0) is 18.5. The fourth-order valence-electron chi connectivity index (χ4n) is 2.00. The van der Waals surface area contributed by atoms with Crippen LogP contribution in [0.2, 0.25) is 0 Å². The third kappa shape index (κ3) is 4.80. The van der Waals surface area contributed by atoms with Gasteiger partial charge in [-0.05, 0) is 33.8 Å². The fourth-order valence-corrected chi connectivity index (χ4v) is 2.89. The van der Waals surface area contributed by atoms with Crippen molar-refractivity contribution in [3.63, 3.8) is 0 Å². The molecule has 0 unspecified atom stereocenters. The molecule has 2 atom stereocenters. The van der Waals surface area contributed by atoms with Crippen molar-refractivity contribution < 1.29 is 26.9 Å². The van der Waals surface area contributed by atoms with Crippen molar-refractivity contribution in [3.05, 3.63) is 35.4 Å². The SMILES string of the molecule is CCOC(=O)C[C@](CF)(N[S@](=O)C(C)(C)C)c1cccc(F)c1F. The number of carbonyl (C=O) groups is 1. The number of hydrogen-bond acceptors (Lipinski definition) is 3. The van der Waals surface area contributed by atoms with Crippen LogP contribution in [-0.4, -0.2) is 28.2 Å². The Morgan fingerprint density at radius 3 is 2.42 bits per heavy atom. The van der Waals surface area contributed by atoms with E-state index in [2.05, 4.69) is 4.72 Å². The lowest BCUT2D eigenvalue weighted by Crippen LogP contribution is -2.51. The largest absolute Gasteiger partial charge is 0.466 e. The fraction of sp³-hybridized carbons (Fsp3) is 0.562. The average Bonchev–Trinajstić information content (AvgIpc) is 2.48. The van der Waals surface area contributed by atoms with Gasteiger partial charge in [0.25, 0.3) is 0 Å². The molecular weight excluding hydrogens is 343 g/mol. The van der Waals surface area contributed by atoms with Crippen LogP contribution in [0, 0.1) is 11.6 Å². The van der Waals surface area contributed by atoms with Crippen LogP contribution in [0.3, 0.4) is 0 Å². The summed E-state index contributed by atoms with van der Waals surface area (Å²) in [6.45, 7) is 5.24. The molecule has 0 aliphatic heterocycles. The summed E-state index contributed by atoms with van der Waals surface area (Å²) in [5.41, 5.74) is -2.40. The van der Waals surface area contributed by atoms with Gasteiger partial charge in [-0.3, -0.25) is 4.79 Å². The predicted molar refractivity (Wildman–Crippen MR) is 86.3 cm³/mol. The van der Waals surface area contributed by atoms with Crippen LogP contribution >= 0.6 is 0 Å². The summed E-state index contributed by atoms with van der Waals surface area (Å²) in [5.74, 6) is -3.28. The van der Waals surface area contributed by atoms with E-state index in [1.807, 2.05) is 0 Å². The first-order valence-corrected chi connectivity index (χ1v) is 8.58. The molecule has 0 fully saturated rings. The predicted octanol–water partition coefficient (Wildman–Crippen LogP) is 3.13. The summed E-state index contributed by atoms with van der Waals surface area (Å²) in [6.07, 6.45) is -0.625. The molecule has 0 heterocycles. The van der Waals surface area contributed by atoms with Crippen LogP contribution in [0.25, 0.3) is 0 Å². The van der Waals surface area contributed by atoms with E-state index in [0.717, 1.165) is 12.1 Å². The lowest BCUT2D eigenvalue weighted by atomic mass is 9.88. The Morgan fingerprint density at radius 1 is 1.29 bits per heavy atom. The van der Waals surface area contributed by atoms with Gasteiger partial charge in [0.15, 0.2) is 11.6 Å². The lowest BCUT2D eigenvalue weighted by Gasteiger charge is -2.34. The molecule has 0 aliphatic rings. The molecule has 0 aromatic heterocycles. The Hall–Kier alpha value is -1.41. The van der Waals surface area contributed by atoms with Gasteiger partial charge in [0, 0.05) is 5.56 Å². The summed E-state index contributed by atoms with van der Waals surface area (Å²) < 4.78 is 60.7. The van der Waals surface area contributed by atoms with Crippen LogP contribution in [0.5, 0.6) is 0 Å². The topological polar surface area (TPSA) is 55.4 Å². The third-order valence-electron chi connectivity index (χ3n) is 3.29. The van der Waals surface area contributed by atoms with Gasteiger partial charge in [-0.1, -0.05) is 12.1 Å². The number of esters is 1. The zero-order valence-corrected chi connectivity index (χ0v) is 14.9. The third-order valence-corrected chi connectivity index (χ3v) is 4.98. The number of carbonyl (C=O) groups excluding carboxylic acids is 1. The molecule has 0 bridgehead atoms. The highest BCUT2D eigenvalue weighted by Gasteiger charge is 2.42. The summed E-state index contributed by atoms with van der Waals surface area (Å²) in [6, 6.07) is 3.24. The highest BCUT2D eigenvalue weighted by molar-refractivity contribution is 7.84. The van der Waals surface area contributed by atoms with Crippen LogP contribution in [0.4, 0.5) is 13.2 Å². The van der Waals surface area contributed by atoms with E-state index in [9.17, 15) is 22.2 Å². The molecule has 1 N–H and O–H groups in total. The molecule has 1 aromatic carbocycles. The van der Waals surface area contributed by atoms with Crippen molar-refractivity contribution in [2.75, 3.05) is 13.3 Å². The quantitative estimate of drug-likeness (QED) is 0.756. The maximum Gasteiger partial charge on any atom is 0.308 e. The molecular formula is C16H22F3NO3S. The van der Waals surface area contributed by atoms with E-state index < -0.39 is 57.5 Å². The van der Waals surface area contributed by atoms with Gasteiger partial charge in [-0.15, -0.1) is 0 Å². The summed E-state index contributed by atoms with van der Waals surface area (Å²) in [5, 5.41) is 0. The first-order valence-electron chi connectivity index (χ1n) is 7.43.